The molecule has 0 saturated carbocycles. The van der Waals surface area contributed by atoms with Crippen LogP contribution < -0.4 is 9.62 Å². The van der Waals surface area contributed by atoms with Gasteiger partial charge >= 0.3 is 0 Å². The van der Waals surface area contributed by atoms with E-state index in [1.807, 2.05) is 47.1 Å². The van der Waals surface area contributed by atoms with Crippen LogP contribution in [-0.2, 0) is 10.0 Å². The van der Waals surface area contributed by atoms with Crippen molar-refractivity contribution in [3.63, 3.8) is 0 Å². The van der Waals surface area contributed by atoms with Crippen LogP contribution in [0, 0.1) is 0 Å². The summed E-state index contributed by atoms with van der Waals surface area (Å²) in [5, 5.41) is 5.61. The molecule has 0 bridgehead atoms. The fraction of sp³-hybridized carbons (Fsp3) is 0.238. The number of benzene rings is 2. The maximum Gasteiger partial charge on any atom is 0.240 e. The molecular weight excluding hydrogens is 418 g/mol. The Labute approximate surface area is 179 Å². The Kier molecular flexibility index (Phi) is 5.01. The summed E-state index contributed by atoms with van der Waals surface area (Å²) in [5.41, 5.74) is 1.98. The maximum atomic E-state index is 12.5. The van der Waals surface area contributed by atoms with Crippen molar-refractivity contribution in [2.45, 2.75) is 23.8 Å². The molecule has 0 atom stereocenters. The van der Waals surface area contributed by atoms with Gasteiger partial charge in [-0.2, -0.15) is 0 Å². The third-order valence-corrected chi connectivity index (χ3v) is 7.76. The van der Waals surface area contributed by atoms with E-state index in [-0.39, 0.29) is 6.04 Å². The monoisotopic (exact) mass is 439 g/mol. The Hall–Kier alpha value is -2.75. The van der Waals surface area contributed by atoms with Crippen LogP contribution in [0.15, 0.2) is 71.8 Å². The first kappa shape index (κ1) is 19.2. The van der Waals surface area contributed by atoms with E-state index in [9.17, 15) is 8.42 Å². The Balaban J connectivity index is 1.24. The van der Waals surface area contributed by atoms with Gasteiger partial charge in [0.25, 0.3) is 0 Å². The van der Waals surface area contributed by atoms with Gasteiger partial charge in [0.1, 0.15) is 0 Å². The summed E-state index contributed by atoms with van der Waals surface area (Å²) in [4.78, 5) is 8.06. The average Bonchev–Trinajstić information content (AvgIpc) is 3.35. The lowest BCUT2D eigenvalue weighted by atomic mass is 10.1. The molecule has 0 radical (unpaired) electrons. The van der Waals surface area contributed by atoms with Gasteiger partial charge in [-0.25, -0.2) is 22.6 Å². The molecule has 5 rings (SSSR count). The zero-order chi connectivity index (χ0) is 20.6. The van der Waals surface area contributed by atoms with E-state index in [4.69, 9.17) is 4.98 Å². The quantitative estimate of drug-likeness (QED) is 0.516. The molecule has 2 aromatic carbocycles. The van der Waals surface area contributed by atoms with Crippen molar-refractivity contribution in [3.05, 3.63) is 66.9 Å². The largest absolute Gasteiger partial charge is 0.347 e. The molecule has 3 heterocycles. The van der Waals surface area contributed by atoms with Crippen molar-refractivity contribution in [1.29, 1.82) is 0 Å². The predicted octanol–water partition coefficient (Wildman–Crippen LogP) is 3.41. The Morgan fingerprint density at radius 3 is 2.30 bits per heavy atom. The van der Waals surface area contributed by atoms with Crippen LogP contribution >= 0.6 is 11.3 Å². The topological polar surface area (TPSA) is 79.6 Å². The van der Waals surface area contributed by atoms with Gasteiger partial charge in [0.2, 0.25) is 20.1 Å². The zero-order valence-corrected chi connectivity index (χ0v) is 17.8. The minimum absolute atomic E-state index is 0.0693. The highest BCUT2D eigenvalue weighted by molar-refractivity contribution is 7.89. The molecule has 4 aromatic rings. The summed E-state index contributed by atoms with van der Waals surface area (Å²) in [7, 11) is -3.48. The van der Waals surface area contributed by atoms with Crippen LogP contribution in [0.5, 0.6) is 0 Å². The van der Waals surface area contributed by atoms with Gasteiger partial charge in [0.15, 0.2) is 0 Å². The van der Waals surface area contributed by atoms with Crippen LogP contribution in [0.2, 0.25) is 0 Å². The normalized spacial score (nSPS) is 15.7. The summed E-state index contributed by atoms with van der Waals surface area (Å²) in [6.07, 6.45) is 3.43. The van der Waals surface area contributed by atoms with Crippen molar-refractivity contribution in [1.82, 2.24) is 19.3 Å². The number of fused-ring (bicyclic) bond motifs is 1. The number of nitrogens with one attached hydrogen (secondary N) is 1. The first-order chi connectivity index (χ1) is 14.6. The lowest BCUT2D eigenvalue weighted by Crippen LogP contribution is -2.44. The van der Waals surface area contributed by atoms with Gasteiger partial charge in [-0.05, 0) is 25.0 Å². The van der Waals surface area contributed by atoms with Crippen molar-refractivity contribution < 1.29 is 8.42 Å². The van der Waals surface area contributed by atoms with Gasteiger partial charge < -0.3 is 4.90 Å². The third-order valence-electron chi connectivity index (χ3n) is 5.24. The van der Waals surface area contributed by atoms with Gasteiger partial charge in [0.05, 0.1) is 16.8 Å². The summed E-state index contributed by atoms with van der Waals surface area (Å²) in [6, 6.07) is 18.5. The average molecular weight is 440 g/mol. The third kappa shape index (κ3) is 3.83. The number of piperidine rings is 1. The molecule has 154 valence electrons. The Morgan fingerprint density at radius 2 is 1.63 bits per heavy atom. The Bertz CT molecular complexity index is 1210. The highest BCUT2D eigenvalue weighted by atomic mass is 32.2. The predicted molar refractivity (Wildman–Crippen MR) is 118 cm³/mol. The summed E-state index contributed by atoms with van der Waals surface area (Å²) in [5.74, 6) is 0. The second-order valence-corrected chi connectivity index (χ2v) is 9.95. The molecule has 0 aliphatic carbocycles. The molecule has 30 heavy (non-hydrogen) atoms. The molecule has 1 N–H and O–H groups in total. The van der Waals surface area contributed by atoms with E-state index in [0.29, 0.717) is 4.90 Å². The molecule has 7 nitrogen and oxygen atoms in total. The van der Waals surface area contributed by atoms with Gasteiger partial charge in [-0.1, -0.05) is 59.9 Å². The lowest BCUT2D eigenvalue weighted by molar-refractivity contribution is 0.459. The fourth-order valence-corrected chi connectivity index (χ4v) is 5.90. The molecule has 1 fully saturated rings. The highest BCUT2D eigenvalue weighted by Gasteiger charge is 2.26. The van der Waals surface area contributed by atoms with E-state index < -0.39 is 10.0 Å². The summed E-state index contributed by atoms with van der Waals surface area (Å²) >= 11 is 1.56. The van der Waals surface area contributed by atoms with Crippen LogP contribution in [0.25, 0.3) is 16.2 Å². The van der Waals surface area contributed by atoms with E-state index in [1.54, 1.807) is 35.6 Å². The lowest BCUT2D eigenvalue weighted by Gasteiger charge is -2.31. The van der Waals surface area contributed by atoms with Crippen molar-refractivity contribution >= 4 is 31.5 Å². The molecule has 1 saturated heterocycles. The first-order valence-electron chi connectivity index (χ1n) is 9.82. The number of anilines is 1. The van der Waals surface area contributed by atoms with Crippen molar-refractivity contribution in [2.75, 3.05) is 18.0 Å². The zero-order valence-electron chi connectivity index (χ0n) is 16.2. The number of aromatic nitrogens is 3. The van der Waals surface area contributed by atoms with Gasteiger partial charge in [-0.3, -0.25) is 0 Å². The molecule has 9 heteroatoms. The SMILES string of the molecule is O=S(=O)(NC1CCN(c2nn3cc(-c4ccccc4)nc3s2)CC1)c1ccccc1. The van der Waals surface area contributed by atoms with Crippen molar-refractivity contribution in [2.24, 2.45) is 0 Å². The Morgan fingerprint density at radius 1 is 0.967 bits per heavy atom. The minimum atomic E-state index is -3.48. The molecule has 0 spiro atoms. The summed E-state index contributed by atoms with van der Waals surface area (Å²) in [6.45, 7) is 1.51. The van der Waals surface area contributed by atoms with Crippen LogP contribution in [0.1, 0.15) is 12.8 Å². The molecular formula is C21H21N5O2S2. The number of imidazole rings is 1. The van der Waals surface area contributed by atoms with E-state index in [0.717, 1.165) is 47.3 Å². The van der Waals surface area contributed by atoms with Crippen LogP contribution in [0.3, 0.4) is 0 Å². The van der Waals surface area contributed by atoms with Crippen LogP contribution in [0.4, 0.5) is 5.13 Å². The standard InChI is InChI=1S/C21H21N5O2S2/c27-30(28,18-9-5-2-6-10-18)24-17-11-13-25(14-12-17)21-23-26-15-19(22-20(26)29-21)16-7-3-1-4-8-16/h1-10,15,17,24H,11-14H2. The van der Waals surface area contributed by atoms with Crippen LogP contribution in [-0.4, -0.2) is 42.1 Å². The van der Waals surface area contributed by atoms with E-state index >= 15 is 0 Å². The summed E-state index contributed by atoms with van der Waals surface area (Å²) < 4.78 is 29.7. The van der Waals surface area contributed by atoms with Crippen molar-refractivity contribution in [3.8, 4) is 11.3 Å². The highest BCUT2D eigenvalue weighted by Crippen LogP contribution is 2.28. The number of nitrogens with zero attached hydrogens (tertiary/aromatic N) is 4. The number of sulfonamides is 1. The van der Waals surface area contributed by atoms with E-state index in [1.165, 1.54) is 0 Å². The molecule has 1 aliphatic heterocycles. The first-order valence-corrected chi connectivity index (χ1v) is 12.1. The molecule has 0 unspecified atom stereocenters. The maximum absolute atomic E-state index is 12.5. The molecule has 1 aliphatic rings. The number of hydrogen-bond acceptors (Lipinski definition) is 6. The van der Waals surface area contributed by atoms with E-state index in [2.05, 4.69) is 14.7 Å². The number of rotatable bonds is 5. The second-order valence-electron chi connectivity index (χ2n) is 7.30. The number of hydrogen-bond donors (Lipinski definition) is 1. The van der Waals surface area contributed by atoms with Gasteiger partial charge in [0, 0.05) is 24.7 Å². The minimum Gasteiger partial charge on any atom is -0.347 e. The second kappa shape index (κ2) is 7.82. The molecule has 0 amide bonds. The smallest absolute Gasteiger partial charge is 0.240 e. The molecule has 2 aromatic heterocycles. The fourth-order valence-electron chi connectivity index (χ4n) is 3.64. The van der Waals surface area contributed by atoms with Gasteiger partial charge in [-0.15, -0.1) is 5.10 Å².